The molecule has 0 fully saturated rings. The van der Waals surface area contributed by atoms with E-state index >= 15 is 0 Å². The minimum Gasteiger partial charge on any atom is -0.396 e. The lowest BCUT2D eigenvalue weighted by Gasteiger charge is -2.19. The molecule has 1 rings (SSSR count). The van der Waals surface area contributed by atoms with Crippen LogP contribution in [-0.2, 0) is 10.5 Å². The molecule has 0 spiro atoms. The van der Waals surface area contributed by atoms with Crippen molar-refractivity contribution in [2.75, 3.05) is 12.4 Å². The van der Waals surface area contributed by atoms with Gasteiger partial charge in [0.1, 0.15) is 0 Å². The molecule has 0 aliphatic carbocycles. The fourth-order valence-corrected chi connectivity index (χ4v) is 2.48. The van der Waals surface area contributed by atoms with Crippen molar-refractivity contribution in [3.8, 4) is 0 Å². The Hall–Kier alpha value is -0.710. The van der Waals surface area contributed by atoms with E-state index in [0.717, 1.165) is 11.3 Å². The largest absolute Gasteiger partial charge is 0.396 e. The number of hydrogen-bond donors (Lipinski definition) is 2. The molecule has 2 N–H and O–H groups in total. The van der Waals surface area contributed by atoms with Crippen LogP contribution in [0.15, 0.2) is 24.3 Å². The van der Waals surface area contributed by atoms with Crippen LogP contribution in [0.4, 0.5) is 0 Å². The van der Waals surface area contributed by atoms with Gasteiger partial charge in [0, 0.05) is 23.4 Å². The van der Waals surface area contributed by atoms with E-state index < -0.39 is 0 Å². The number of aliphatic hydroxyl groups excluding tert-OH is 1. The van der Waals surface area contributed by atoms with Gasteiger partial charge in [-0.2, -0.15) is 0 Å². The zero-order valence-corrected chi connectivity index (χ0v) is 12.8. The van der Waals surface area contributed by atoms with Gasteiger partial charge in [0.2, 0.25) is 5.91 Å². The Kier molecular flexibility index (Phi) is 7.28. The summed E-state index contributed by atoms with van der Waals surface area (Å²) in [4.78, 5) is 11.7. The SMILES string of the molecule is CC(CO)C(C)NC(=O)CSCc1cccc(Cl)c1. The quantitative estimate of drug-likeness (QED) is 0.814. The van der Waals surface area contributed by atoms with Crippen LogP contribution in [0.2, 0.25) is 5.02 Å². The minimum atomic E-state index is -0.00994. The van der Waals surface area contributed by atoms with Crippen molar-refractivity contribution in [3.63, 3.8) is 0 Å². The first-order chi connectivity index (χ1) is 9.02. The minimum absolute atomic E-state index is 0.000159. The molecule has 0 aliphatic rings. The van der Waals surface area contributed by atoms with E-state index in [9.17, 15) is 4.79 Å². The second-order valence-corrected chi connectivity index (χ2v) is 6.06. The molecule has 0 aromatic heterocycles. The molecule has 1 aromatic rings. The maximum absolute atomic E-state index is 11.7. The average Bonchev–Trinajstić information content (AvgIpc) is 2.37. The van der Waals surface area contributed by atoms with Gasteiger partial charge in [0.05, 0.1) is 5.75 Å². The molecule has 0 bridgehead atoms. The second kappa shape index (κ2) is 8.46. The number of carbonyl (C=O) groups excluding carboxylic acids is 1. The molecule has 2 atom stereocenters. The second-order valence-electron chi connectivity index (χ2n) is 4.64. The van der Waals surface area contributed by atoms with Crippen molar-refractivity contribution in [1.29, 1.82) is 0 Å². The summed E-state index contributed by atoms with van der Waals surface area (Å²) in [5.74, 6) is 1.24. The molecule has 1 aromatic carbocycles. The maximum atomic E-state index is 11.7. The van der Waals surface area contributed by atoms with Crippen molar-refractivity contribution in [3.05, 3.63) is 34.9 Å². The van der Waals surface area contributed by atoms with Crippen molar-refractivity contribution >= 4 is 29.3 Å². The number of amides is 1. The molecular formula is C14H20ClNO2S. The van der Waals surface area contributed by atoms with Crippen LogP contribution in [0.25, 0.3) is 0 Å². The topological polar surface area (TPSA) is 49.3 Å². The maximum Gasteiger partial charge on any atom is 0.230 e. The van der Waals surface area contributed by atoms with E-state index in [-0.39, 0.29) is 24.5 Å². The highest BCUT2D eigenvalue weighted by Gasteiger charge is 2.13. The zero-order chi connectivity index (χ0) is 14.3. The molecule has 0 radical (unpaired) electrons. The van der Waals surface area contributed by atoms with Crippen LogP contribution >= 0.6 is 23.4 Å². The van der Waals surface area contributed by atoms with E-state index in [1.165, 1.54) is 0 Å². The Morgan fingerprint density at radius 3 is 2.84 bits per heavy atom. The van der Waals surface area contributed by atoms with Gasteiger partial charge in [-0.1, -0.05) is 30.7 Å². The Balaban J connectivity index is 2.27. The molecule has 0 heterocycles. The molecule has 0 aliphatic heterocycles. The first kappa shape index (κ1) is 16.3. The zero-order valence-electron chi connectivity index (χ0n) is 11.2. The number of aliphatic hydroxyl groups is 1. The standard InChI is InChI=1S/C14H20ClNO2S/c1-10(7-17)11(2)16-14(18)9-19-8-12-4-3-5-13(15)6-12/h3-6,10-11,17H,7-9H2,1-2H3,(H,16,18). The number of benzene rings is 1. The van der Waals surface area contributed by atoms with Gasteiger partial charge in [-0.15, -0.1) is 11.8 Å². The molecule has 5 heteroatoms. The third kappa shape index (κ3) is 6.32. The summed E-state index contributed by atoms with van der Waals surface area (Å²) >= 11 is 7.45. The first-order valence-corrected chi connectivity index (χ1v) is 7.78. The summed E-state index contributed by atoms with van der Waals surface area (Å²) in [5.41, 5.74) is 1.11. The van der Waals surface area contributed by atoms with Gasteiger partial charge in [-0.3, -0.25) is 4.79 Å². The number of halogens is 1. The fraction of sp³-hybridized carbons (Fsp3) is 0.500. The van der Waals surface area contributed by atoms with Gasteiger partial charge >= 0.3 is 0 Å². The predicted molar refractivity (Wildman–Crippen MR) is 81.5 cm³/mol. The van der Waals surface area contributed by atoms with Crippen LogP contribution in [-0.4, -0.2) is 29.4 Å². The molecule has 0 saturated carbocycles. The Bertz CT molecular complexity index is 414. The Labute approximate surface area is 123 Å². The summed E-state index contributed by atoms with van der Waals surface area (Å²) in [5, 5.41) is 12.6. The van der Waals surface area contributed by atoms with Gasteiger partial charge < -0.3 is 10.4 Å². The Morgan fingerprint density at radius 2 is 2.21 bits per heavy atom. The van der Waals surface area contributed by atoms with E-state index in [1.54, 1.807) is 11.8 Å². The normalized spacial score (nSPS) is 13.9. The molecule has 2 unspecified atom stereocenters. The molecule has 3 nitrogen and oxygen atoms in total. The number of nitrogens with one attached hydrogen (secondary N) is 1. The lowest BCUT2D eigenvalue weighted by atomic mass is 10.1. The van der Waals surface area contributed by atoms with Crippen molar-refractivity contribution in [2.24, 2.45) is 5.92 Å². The Morgan fingerprint density at radius 1 is 1.47 bits per heavy atom. The summed E-state index contributed by atoms with van der Waals surface area (Å²) in [6, 6.07) is 7.63. The van der Waals surface area contributed by atoms with Gasteiger partial charge in [-0.05, 0) is 30.5 Å². The highest BCUT2D eigenvalue weighted by atomic mass is 35.5. The third-order valence-corrected chi connectivity index (χ3v) is 4.16. The van der Waals surface area contributed by atoms with Crippen molar-refractivity contribution < 1.29 is 9.90 Å². The molecule has 106 valence electrons. The lowest BCUT2D eigenvalue weighted by molar-refractivity contribution is -0.119. The molecular weight excluding hydrogens is 282 g/mol. The third-order valence-electron chi connectivity index (χ3n) is 2.92. The van der Waals surface area contributed by atoms with Crippen molar-refractivity contribution in [1.82, 2.24) is 5.32 Å². The number of rotatable bonds is 7. The van der Waals surface area contributed by atoms with Crippen LogP contribution < -0.4 is 5.32 Å². The van der Waals surface area contributed by atoms with Crippen molar-refractivity contribution in [2.45, 2.75) is 25.6 Å². The summed E-state index contributed by atoms with van der Waals surface area (Å²) in [6.07, 6.45) is 0. The van der Waals surface area contributed by atoms with Crippen LogP contribution in [0.1, 0.15) is 19.4 Å². The predicted octanol–water partition coefficient (Wildman–Crippen LogP) is 2.71. The van der Waals surface area contributed by atoms with Gasteiger partial charge in [-0.25, -0.2) is 0 Å². The fourth-order valence-electron chi connectivity index (χ4n) is 1.48. The van der Waals surface area contributed by atoms with Crippen LogP contribution in [0.5, 0.6) is 0 Å². The first-order valence-electron chi connectivity index (χ1n) is 6.25. The number of carbonyl (C=O) groups is 1. The summed E-state index contributed by atoms with van der Waals surface area (Å²) < 4.78 is 0. The molecule has 19 heavy (non-hydrogen) atoms. The summed E-state index contributed by atoms with van der Waals surface area (Å²) in [6.45, 7) is 3.89. The number of thioether (sulfide) groups is 1. The van der Waals surface area contributed by atoms with E-state index in [4.69, 9.17) is 16.7 Å². The number of hydrogen-bond acceptors (Lipinski definition) is 3. The van der Waals surface area contributed by atoms with Crippen LogP contribution in [0.3, 0.4) is 0 Å². The monoisotopic (exact) mass is 301 g/mol. The van der Waals surface area contributed by atoms with E-state index in [1.807, 2.05) is 38.1 Å². The highest BCUT2D eigenvalue weighted by Crippen LogP contribution is 2.16. The van der Waals surface area contributed by atoms with Gasteiger partial charge in [0.25, 0.3) is 0 Å². The van der Waals surface area contributed by atoms with E-state index in [2.05, 4.69) is 5.32 Å². The van der Waals surface area contributed by atoms with Gasteiger partial charge in [0.15, 0.2) is 0 Å². The smallest absolute Gasteiger partial charge is 0.230 e. The molecule has 1 amide bonds. The molecule has 0 saturated heterocycles. The average molecular weight is 302 g/mol. The van der Waals surface area contributed by atoms with Crippen LogP contribution in [0, 0.1) is 5.92 Å². The van der Waals surface area contributed by atoms with E-state index in [0.29, 0.717) is 10.8 Å². The summed E-state index contributed by atoms with van der Waals surface area (Å²) in [7, 11) is 0. The lowest BCUT2D eigenvalue weighted by Crippen LogP contribution is -2.39. The highest BCUT2D eigenvalue weighted by molar-refractivity contribution is 7.99.